The molecule has 1 fully saturated rings. The second-order valence-corrected chi connectivity index (χ2v) is 6.16. The van der Waals surface area contributed by atoms with Crippen LogP contribution >= 0.6 is 0 Å². The number of hydrogen-bond donors (Lipinski definition) is 0. The maximum atomic E-state index is 12.1. The molecule has 1 saturated heterocycles. The van der Waals surface area contributed by atoms with E-state index in [0.29, 0.717) is 24.2 Å². The van der Waals surface area contributed by atoms with Crippen LogP contribution in [0.3, 0.4) is 0 Å². The van der Waals surface area contributed by atoms with Crippen LogP contribution in [0.25, 0.3) is 5.82 Å². The normalized spacial score (nSPS) is 15.5. The Balaban J connectivity index is 1.35. The Labute approximate surface area is 149 Å². The van der Waals surface area contributed by atoms with Gasteiger partial charge < -0.3 is 9.42 Å². The molecule has 3 aromatic heterocycles. The average Bonchev–Trinajstić information content (AvgIpc) is 3.33. The van der Waals surface area contributed by atoms with E-state index >= 15 is 0 Å². The molecule has 1 aliphatic heterocycles. The van der Waals surface area contributed by atoms with E-state index in [1.807, 2.05) is 13.0 Å². The lowest BCUT2D eigenvalue weighted by Gasteiger charge is -2.33. The fraction of sp³-hybridized carbons (Fsp3) is 0.438. The average molecular weight is 356 g/mol. The zero-order valence-corrected chi connectivity index (χ0v) is 14.5. The van der Waals surface area contributed by atoms with E-state index in [1.165, 1.54) is 10.7 Å². The number of rotatable bonds is 5. The van der Waals surface area contributed by atoms with E-state index in [2.05, 4.69) is 30.1 Å². The SMILES string of the molecule is Cc1noc(N2CCN(CCn3nc(-n4cccn4)ccc3=O)CC2)n1. The van der Waals surface area contributed by atoms with Crippen molar-refractivity contribution >= 4 is 6.01 Å². The number of hydrogen-bond acceptors (Lipinski definition) is 8. The quantitative estimate of drug-likeness (QED) is 0.627. The fourth-order valence-corrected chi connectivity index (χ4v) is 2.94. The van der Waals surface area contributed by atoms with Gasteiger partial charge in [-0.25, -0.2) is 9.36 Å². The monoisotopic (exact) mass is 356 g/mol. The van der Waals surface area contributed by atoms with Crippen molar-refractivity contribution in [3.05, 3.63) is 46.8 Å². The summed E-state index contributed by atoms with van der Waals surface area (Å²) in [6, 6.07) is 5.60. The topological polar surface area (TPSA) is 98.1 Å². The van der Waals surface area contributed by atoms with Gasteiger partial charge in [-0.1, -0.05) is 5.16 Å². The fourth-order valence-electron chi connectivity index (χ4n) is 2.94. The van der Waals surface area contributed by atoms with Crippen molar-refractivity contribution in [2.45, 2.75) is 13.5 Å². The van der Waals surface area contributed by atoms with Crippen molar-refractivity contribution in [1.82, 2.24) is 34.6 Å². The molecule has 0 spiro atoms. The molecular weight excluding hydrogens is 336 g/mol. The molecule has 0 saturated carbocycles. The minimum Gasteiger partial charge on any atom is -0.322 e. The van der Waals surface area contributed by atoms with Gasteiger partial charge in [0.15, 0.2) is 11.6 Å². The van der Waals surface area contributed by atoms with Crippen molar-refractivity contribution < 1.29 is 4.52 Å². The van der Waals surface area contributed by atoms with Crippen LogP contribution in [0.4, 0.5) is 6.01 Å². The first-order valence-corrected chi connectivity index (χ1v) is 8.55. The second kappa shape index (κ2) is 7.08. The van der Waals surface area contributed by atoms with Crippen LogP contribution in [0.1, 0.15) is 5.82 Å². The van der Waals surface area contributed by atoms with Gasteiger partial charge in [-0.2, -0.15) is 10.1 Å². The Morgan fingerprint density at radius 1 is 1.15 bits per heavy atom. The lowest BCUT2D eigenvalue weighted by Crippen LogP contribution is -2.47. The third-order valence-corrected chi connectivity index (χ3v) is 4.38. The van der Waals surface area contributed by atoms with Gasteiger partial charge in [0, 0.05) is 51.2 Å². The molecule has 10 heteroatoms. The summed E-state index contributed by atoms with van der Waals surface area (Å²) in [7, 11) is 0. The van der Waals surface area contributed by atoms with E-state index in [1.54, 1.807) is 23.1 Å². The molecule has 10 nitrogen and oxygen atoms in total. The largest absolute Gasteiger partial charge is 0.324 e. The highest BCUT2D eigenvalue weighted by atomic mass is 16.5. The van der Waals surface area contributed by atoms with Crippen molar-refractivity contribution in [3.8, 4) is 5.82 Å². The molecule has 0 atom stereocenters. The molecular formula is C16H20N8O2. The summed E-state index contributed by atoms with van der Waals surface area (Å²) in [6.07, 6.45) is 3.48. The van der Waals surface area contributed by atoms with Gasteiger partial charge in [-0.05, 0) is 19.1 Å². The smallest absolute Gasteiger partial charge is 0.322 e. The molecule has 3 aromatic rings. The van der Waals surface area contributed by atoms with Crippen LogP contribution in [0.2, 0.25) is 0 Å². The first kappa shape index (κ1) is 16.5. The highest BCUT2D eigenvalue weighted by Gasteiger charge is 2.20. The molecule has 26 heavy (non-hydrogen) atoms. The maximum Gasteiger partial charge on any atom is 0.324 e. The van der Waals surface area contributed by atoms with Gasteiger partial charge >= 0.3 is 6.01 Å². The molecule has 1 aliphatic rings. The van der Waals surface area contributed by atoms with Crippen LogP contribution in [0, 0.1) is 6.92 Å². The predicted molar refractivity (Wildman–Crippen MR) is 93.3 cm³/mol. The molecule has 0 amide bonds. The van der Waals surface area contributed by atoms with E-state index in [9.17, 15) is 4.79 Å². The summed E-state index contributed by atoms with van der Waals surface area (Å²) < 4.78 is 8.35. The van der Waals surface area contributed by atoms with E-state index in [0.717, 1.165) is 32.7 Å². The molecule has 0 N–H and O–H groups in total. The van der Waals surface area contributed by atoms with Gasteiger partial charge in [0.1, 0.15) is 0 Å². The van der Waals surface area contributed by atoms with Crippen LogP contribution in [0.5, 0.6) is 0 Å². The van der Waals surface area contributed by atoms with Crippen LogP contribution in [-0.2, 0) is 6.54 Å². The van der Waals surface area contributed by atoms with Gasteiger partial charge in [-0.15, -0.1) is 5.10 Å². The van der Waals surface area contributed by atoms with Crippen molar-refractivity contribution in [2.24, 2.45) is 0 Å². The van der Waals surface area contributed by atoms with E-state index < -0.39 is 0 Å². The van der Waals surface area contributed by atoms with Gasteiger partial charge in [-0.3, -0.25) is 9.69 Å². The summed E-state index contributed by atoms with van der Waals surface area (Å²) in [5, 5.41) is 12.4. The van der Waals surface area contributed by atoms with Crippen LogP contribution in [0.15, 0.2) is 39.9 Å². The van der Waals surface area contributed by atoms with Gasteiger partial charge in [0.25, 0.3) is 5.56 Å². The zero-order valence-electron chi connectivity index (χ0n) is 14.5. The minimum absolute atomic E-state index is 0.110. The molecule has 0 aliphatic carbocycles. The number of piperazine rings is 1. The third kappa shape index (κ3) is 3.49. The van der Waals surface area contributed by atoms with Gasteiger partial charge in [0.2, 0.25) is 0 Å². The zero-order chi connectivity index (χ0) is 17.9. The first-order valence-electron chi connectivity index (χ1n) is 8.55. The van der Waals surface area contributed by atoms with E-state index in [-0.39, 0.29) is 5.56 Å². The highest BCUT2D eigenvalue weighted by molar-refractivity contribution is 5.25. The van der Waals surface area contributed by atoms with Gasteiger partial charge in [0.05, 0.1) is 6.54 Å². The molecule has 0 radical (unpaired) electrons. The molecule has 4 heterocycles. The number of anilines is 1. The van der Waals surface area contributed by atoms with Crippen LogP contribution in [-0.4, -0.2) is 67.3 Å². The lowest BCUT2D eigenvalue weighted by molar-refractivity contribution is 0.236. The molecule has 136 valence electrons. The minimum atomic E-state index is -0.110. The summed E-state index contributed by atoms with van der Waals surface area (Å²) in [6.45, 7) is 6.48. The van der Waals surface area contributed by atoms with Crippen molar-refractivity contribution in [2.75, 3.05) is 37.6 Å². The standard InChI is InChI=1S/C16H20N8O2/c1-13-18-16(26-20-13)22-10-7-21(8-11-22)9-12-24-15(25)4-3-14(19-24)23-6-2-5-17-23/h2-6H,7-12H2,1H3. The Hall–Kier alpha value is -3.01. The first-order chi connectivity index (χ1) is 12.7. The molecule has 0 unspecified atom stereocenters. The second-order valence-electron chi connectivity index (χ2n) is 6.16. The molecule has 0 aromatic carbocycles. The summed E-state index contributed by atoms with van der Waals surface area (Å²) >= 11 is 0. The van der Waals surface area contributed by atoms with E-state index in [4.69, 9.17) is 4.52 Å². The summed E-state index contributed by atoms with van der Waals surface area (Å²) in [5.74, 6) is 1.27. The Morgan fingerprint density at radius 2 is 2.00 bits per heavy atom. The van der Waals surface area contributed by atoms with Crippen molar-refractivity contribution in [1.29, 1.82) is 0 Å². The number of aryl methyl sites for hydroxylation is 1. The number of nitrogens with zero attached hydrogens (tertiary/aromatic N) is 8. The molecule has 4 rings (SSSR count). The Morgan fingerprint density at radius 3 is 2.69 bits per heavy atom. The predicted octanol–water partition coefficient (Wildman–Crippen LogP) is -0.0574. The Bertz CT molecular complexity index is 908. The molecule has 0 bridgehead atoms. The highest BCUT2D eigenvalue weighted by Crippen LogP contribution is 2.13. The number of aromatic nitrogens is 6. The Kier molecular flexibility index (Phi) is 4.48. The van der Waals surface area contributed by atoms with Crippen LogP contribution < -0.4 is 10.5 Å². The summed E-state index contributed by atoms with van der Waals surface area (Å²) in [5.41, 5.74) is -0.110. The van der Waals surface area contributed by atoms with Crippen molar-refractivity contribution in [3.63, 3.8) is 0 Å². The summed E-state index contributed by atoms with van der Waals surface area (Å²) in [4.78, 5) is 20.7. The maximum absolute atomic E-state index is 12.1. The lowest BCUT2D eigenvalue weighted by atomic mass is 10.3. The third-order valence-electron chi connectivity index (χ3n) is 4.38.